The van der Waals surface area contributed by atoms with E-state index in [2.05, 4.69) is 9.71 Å². The van der Waals surface area contributed by atoms with Crippen molar-refractivity contribution in [2.45, 2.75) is 49.8 Å². The van der Waals surface area contributed by atoms with E-state index in [1.54, 1.807) is 6.92 Å². The molecule has 0 radical (unpaired) electrons. The third kappa shape index (κ3) is 3.92. The number of aromatic nitrogens is 1. The highest BCUT2D eigenvalue weighted by Crippen LogP contribution is 2.27. The Labute approximate surface area is 130 Å². The van der Waals surface area contributed by atoms with E-state index in [9.17, 15) is 8.42 Å². The van der Waals surface area contributed by atoms with Crippen LogP contribution in [0.4, 0.5) is 0 Å². The summed E-state index contributed by atoms with van der Waals surface area (Å²) in [4.78, 5) is 4.18. The number of nitrogens with zero attached hydrogens (tertiary/aromatic N) is 1. The van der Waals surface area contributed by atoms with Crippen LogP contribution in [0.5, 0.6) is 0 Å². The number of hydrogen-bond donors (Lipinski definition) is 2. The first-order valence-corrected chi connectivity index (χ1v) is 8.90. The van der Waals surface area contributed by atoms with Crippen LogP contribution < -0.4 is 10.5 Å². The standard InChI is InChI=1S/C12H21N3O2S2.ClH/c1-8-12(18-9(2)14-8)19(16,17)15-11-6-4-3-5-10(11)7-13;/h10-11,15H,3-7,13H2,1-2H3;1H. The van der Waals surface area contributed by atoms with Gasteiger partial charge in [0.2, 0.25) is 0 Å². The molecular weight excluding hydrogens is 318 g/mol. The van der Waals surface area contributed by atoms with E-state index in [1.807, 2.05) is 6.92 Å². The molecule has 116 valence electrons. The predicted octanol–water partition coefficient (Wildman–Crippen LogP) is 1.98. The second-order valence-corrected chi connectivity index (χ2v) is 8.23. The summed E-state index contributed by atoms with van der Waals surface area (Å²) < 4.78 is 28.0. The lowest BCUT2D eigenvalue weighted by molar-refractivity contribution is 0.296. The lowest BCUT2D eigenvalue weighted by Crippen LogP contribution is -2.44. The average Bonchev–Trinajstić information content (AvgIpc) is 2.69. The molecule has 1 aliphatic rings. The number of halogens is 1. The van der Waals surface area contributed by atoms with Crippen molar-refractivity contribution in [2.75, 3.05) is 6.54 Å². The van der Waals surface area contributed by atoms with Crippen LogP contribution in [0.1, 0.15) is 36.4 Å². The van der Waals surface area contributed by atoms with Crippen molar-refractivity contribution >= 4 is 33.8 Å². The first-order chi connectivity index (χ1) is 8.94. The number of aryl methyl sites for hydroxylation is 2. The van der Waals surface area contributed by atoms with E-state index in [0.717, 1.165) is 30.7 Å². The molecule has 1 heterocycles. The molecule has 8 heteroatoms. The Balaban J connectivity index is 0.00000200. The minimum atomic E-state index is -3.46. The quantitative estimate of drug-likeness (QED) is 0.878. The molecule has 0 spiro atoms. The van der Waals surface area contributed by atoms with Crippen LogP contribution in [0.15, 0.2) is 4.21 Å². The van der Waals surface area contributed by atoms with E-state index in [1.165, 1.54) is 11.3 Å². The lowest BCUT2D eigenvalue weighted by atomic mass is 9.85. The van der Waals surface area contributed by atoms with Crippen molar-refractivity contribution in [3.63, 3.8) is 0 Å². The summed E-state index contributed by atoms with van der Waals surface area (Å²) >= 11 is 1.23. The van der Waals surface area contributed by atoms with E-state index < -0.39 is 10.0 Å². The second-order valence-electron chi connectivity index (χ2n) is 5.11. The van der Waals surface area contributed by atoms with Gasteiger partial charge in [-0.05, 0) is 39.2 Å². The molecule has 0 saturated heterocycles. The number of sulfonamides is 1. The zero-order valence-electron chi connectivity index (χ0n) is 11.8. The second kappa shape index (κ2) is 7.17. The molecule has 1 aliphatic carbocycles. The van der Waals surface area contributed by atoms with Gasteiger partial charge in [0.05, 0.1) is 10.7 Å². The van der Waals surface area contributed by atoms with Gasteiger partial charge in [0, 0.05) is 6.04 Å². The zero-order valence-corrected chi connectivity index (χ0v) is 14.2. The van der Waals surface area contributed by atoms with Crippen LogP contribution in [0.3, 0.4) is 0 Å². The van der Waals surface area contributed by atoms with Gasteiger partial charge >= 0.3 is 0 Å². The van der Waals surface area contributed by atoms with Crippen LogP contribution in [0.25, 0.3) is 0 Å². The number of thiazole rings is 1. The lowest BCUT2D eigenvalue weighted by Gasteiger charge is -2.30. The van der Waals surface area contributed by atoms with Gasteiger partial charge in [-0.2, -0.15) is 0 Å². The van der Waals surface area contributed by atoms with Gasteiger partial charge < -0.3 is 5.73 Å². The highest BCUT2D eigenvalue weighted by Gasteiger charge is 2.30. The minimum Gasteiger partial charge on any atom is -0.330 e. The number of nitrogens with two attached hydrogens (primary N) is 1. The average molecular weight is 340 g/mol. The molecule has 0 amide bonds. The number of hydrogen-bond acceptors (Lipinski definition) is 5. The van der Waals surface area contributed by atoms with Gasteiger partial charge in [0.25, 0.3) is 10.0 Å². The monoisotopic (exact) mass is 339 g/mol. The fourth-order valence-electron chi connectivity index (χ4n) is 2.66. The Hall–Kier alpha value is -0.210. The number of nitrogens with one attached hydrogen (secondary N) is 1. The molecule has 1 fully saturated rings. The summed E-state index contributed by atoms with van der Waals surface area (Å²) in [6.45, 7) is 4.09. The maximum absolute atomic E-state index is 12.4. The van der Waals surface area contributed by atoms with Gasteiger partial charge in [-0.1, -0.05) is 12.8 Å². The summed E-state index contributed by atoms with van der Waals surface area (Å²) in [6, 6.07) is -0.0365. The van der Waals surface area contributed by atoms with Crippen molar-refractivity contribution in [3.05, 3.63) is 10.7 Å². The Kier molecular flexibility index (Phi) is 6.40. The third-order valence-corrected chi connectivity index (χ3v) is 6.80. The van der Waals surface area contributed by atoms with Gasteiger partial charge in [0.15, 0.2) is 4.21 Å². The van der Waals surface area contributed by atoms with E-state index in [-0.39, 0.29) is 24.4 Å². The molecule has 1 aromatic rings. The zero-order chi connectivity index (χ0) is 14.0. The molecule has 0 aromatic carbocycles. The van der Waals surface area contributed by atoms with Crippen LogP contribution in [-0.4, -0.2) is 26.0 Å². The molecule has 1 aromatic heterocycles. The highest BCUT2D eigenvalue weighted by atomic mass is 35.5. The Morgan fingerprint density at radius 2 is 2.00 bits per heavy atom. The fourth-order valence-corrected chi connectivity index (χ4v) is 5.50. The Morgan fingerprint density at radius 1 is 1.35 bits per heavy atom. The summed E-state index contributed by atoms with van der Waals surface area (Å²) in [5.41, 5.74) is 6.32. The molecule has 2 atom stereocenters. The molecule has 5 nitrogen and oxygen atoms in total. The first kappa shape index (κ1) is 17.8. The molecule has 2 unspecified atom stereocenters. The molecule has 20 heavy (non-hydrogen) atoms. The maximum atomic E-state index is 12.4. The van der Waals surface area contributed by atoms with Crippen LogP contribution in [0.2, 0.25) is 0 Å². The molecule has 2 rings (SSSR count). The van der Waals surface area contributed by atoms with Crippen LogP contribution in [0, 0.1) is 19.8 Å². The Bertz CT molecular complexity index is 545. The first-order valence-electron chi connectivity index (χ1n) is 6.60. The largest absolute Gasteiger partial charge is 0.330 e. The maximum Gasteiger partial charge on any atom is 0.252 e. The van der Waals surface area contributed by atoms with Gasteiger partial charge in [-0.25, -0.2) is 18.1 Å². The highest BCUT2D eigenvalue weighted by molar-refractivity contribution is 7.91. The summed E-state index contributed by atoms with van der Waals surface area (Å²) in [6.07, 6.45) is 4.07. The third-order valence-electron chi connectivity index (χ3n) is 3.62. The number of rotatable bonds is 4. The smallest absolute Gasteiger partial charge is 0.252 e. The fraction of sp³-hybridized carbons (Fsp3) is 0.750. The van der Waals surface area contributed by atoms with E-state index in [4.69, 9.17) is 5.73 Å². The van der Waals surface area contributed by atoms with Gasteiger partial charge in [-0.15, -0.1) is 23.7 Å². The normalized spacial score (nSPS) is 23.4. The molecular formula is C12H22ClN3O2S2. The van der Waals surface area contributed by atoms with Crippen molar-refractivity contribution in [3.8, 4) is 0 Å². The van der Waals surface area contributed by atoms with Crippen LogP contribution >= 0.6 is 23.7 Å². The summed E-state index contributed by atoms with van der Waals surface area (Å²) in [5, 5.41) is 0.775. The van der Waals surface area contributed by atoms with Crippen molar-refractivity contribution in [1.82, 2.24) is 9.71 Å². The molecule has 0 bridgehead atoms. The van der Waals surface area contributed by atoms with Crippen molar-refractivity contribution in [2.24, 2.45) is 11.7 Å². The minimum absolute atomic E-state index is 0. The van der Waals surface area contributed by atoms with Gasteiger partial charge in [-0.3, -0.25) is 0 Å². The summed E-state index contributed by atoms with van der Waals surface area (Å²) in [5.74, 6) is 0.248. The molecule has 3 N–H and O–H groups in total. The summed E-state index contributed by atoms with van der Waals surface area (Å²) in [7, 11) is -3.46. The van der Waals surface area contributed by atoms with E-state index in [0.29, 0.717) is 16.4 Å². The van der Waals surface area contributed by atoms with E-state index >= 15 is 0 Å². The molecule has 0 aliphatic heterocycles. The van der Waals surface area contributed by atoms with Gasteiger partial charge in [0.1, 0.15) is 0 Å². The predicted molar refractivity (Wildman–Crippen MR) is 84.0 cm³/mol. The van der Waals surface area contributed by atoms with Crippen molar-refractivity contribution < 1.29 is 8.42 Å². The SMILES string of the molecule is Cc1nc(C)c(S(=O)(=O)NC2CCCCC2CN)s1.Cl. The van der Waals surface area contributed by atoms with Crippen LogP contribution in [-0.2, 0) is 10.0 Å². The topological polar surface area (TPSA) is 85.1 Å². The van der Waals surface area contributed by atoms with Crippen molar-refractivity contribution in [1.29, 1.82) is 0 Å². The Morgan fingerprint density at radius 3 is 2.55 bits per heavy atom. The molecule has 1 saturated carbocycles.